The minimum Gasteiger partial charge on any atom is -0.379 e. The first-order valence-corrected chi connectivity index (χ1v) is 12.7. The number of benzene rings is 2. The first-order chi connectivity index (χ1) is 16.3. The van der Waals surface area contributed by atoms with Gasteiger partial charge in [0.05, 0.1) is 35.1 Å². The molecule has 1 aliphatic heterocycles. The third-order valence-electron chi connectivity index (χ3n) is 5.79. The molecule has 11 heteroatoms. The molecule has 8 nitrogen and oxygen atoms in total. The van der Waals surface area contributed by atoms with Crippen LogP contribution in [0.5, 0.6) is 0 Å². The van der Waals surface area contributed by atoms with Crippen molar-refractivity contribution in [1.82, 2.24) is 15.2 Å². The third-order valence-corrected chi connectivity index (χ3v) is 6.70. The molecule has 1 fully saturated rings. The smallest absolute Gasteiger partial charge is 0.253 e. The Morgan fingerprint density at radius 3 is 2.36 bits per heavy atom. The Bertz CT molecular complexity index is 1280. The molecule has 0 unspecified atom stereocenters. The topological polar surface area (TPSA) is 115 Å². The fraction of sp³-hybridized carbons (Fsp3) is 0.280. The normalized spacial score (nSPS) is 13.8. The summed E-state index contributed by atoms with van der Waals surface area (Å²) in [6, 6.07) is 17.8. The number of sulfonamides is 1. The minimum absolute atomic E-state index is 0. The highest BCUT2D eigenvalue weighted by Crippen LogP contribution is 2.31. The molecule has 1 aliphatic rings. The number of nitrogens with zero attached hydrogens (tertiary/aromatic N) is 2. The van der Waals surface area contributed by atoms with E-state index in [1.807, 2.05) is 36.4 Å². The van der Waals surface area contributed by atoms with Crippen LogP contribution in [0.4, 0.5) is 0 Å². The summed E-state index contributed by atoms with van der Waals surface area (Å²) in [5.41, 5.74) is 3.73. The van der Waals surface area contributed by atoms with Crippen molar-refractivity contribution in [3.05, 3.63) is 71.9 Å². The number of carbonyl (C=O) groups is 1. The van der Waals surface area contributed by atoms with E-state index >= 15 is 0 Å². The molecular formula is C25H30Cl2N4O4S. The van der Waals surface area contributed by atoms with Crippen LogP contribution >= 0.6 is 24.8 Å². The number of carbonyl (C=O) groups excluding carboxylic acids is 1. The lowest BCUT2D eigenvalue weighted by molar-refractivity contribution is 0.0383. The number of hydrogen-bond acceptors (Lipinski definition) is 6. The van der Waals surface area contributed by atoms with E-state index in [1.165, 1.54) is 12.1 Å². The number of aromatic nitrogens is 1. The van der Waals surface area contributed by atoms with Gasteiger partial charge in [0.15, 0.2) is 0 Å². The molecule has 1 saturated heterocycles. The zero-order chi connectivity index (χ0) is 24.1. The fourth-order valence-corrected chi connectivity index (χ4v) is 4.58. The number of nitrogens with one attached hydrogen (secondary N) is 1. The van der Waals surface area contributed by atoms with Crippen LogP contribution < -0.4 is 10.5 Å². The Hall–Kier alpha value is -2.53. The lowest BCUT2D eigenvalue weighted by atomic mass is 9.96. The molecule has 194 valence electrons. The van der Waals surface area contributed by atoms with Crippen molar-refractivity contribution in [3.8, 4) is 22.4 Å². The first kappa shape index (κ1) is 29.7. The Morgan fingerprint density at radius 1 is 1.03 bits per heavy atom. The SMILES string of the molecule is Cc1nc(-c2ccccc2)cc(-c2cccc(S(N)(=O)=O)c2)c1C(=O)NCCN1CCOCC1.Cl.Cl. The predicted octanol–water partition coefficient (Wildman–Crippen LogP) is 3.28. The van der Waals surface area contributed by atoms with Crippen molar-refractivity contribution in [3.63, 3.8) is 0 Å². The summed E-state index contributed by atoms with van der Waals surface area (Å²) in [4.78, 5) is 20.2. The van der Waals surface area contributed by atoms with Gasteiger partial charge in [-0.1, -0.05) is 42.5 Å². The van der Waals surface area contributed by atoms with E-state index in [9.17, 15) is 13.2 Å². The van der Waals surface area contributed by atoms with Gasteiger partial charge < -0.3 is 10.1 Å². The number of rotatable bonds is 7. The van der Waals surface area contributed by atoms with Gasteiger partial charge in [-0.15, -0.1) is 24.8 Å². The molecule has 0 aliphatic carbocycles. The molecule has 0 saturated carbocycles. The van der Waals surface area contributed by atoms with Crippen molar-refractivity contribution in [2.45, 2.75) is 11.8 Å². The average Bonchev–Trinajstić information content (AvgIpc) is 2.84. The van der Waals surface area contributed by atoms with Crippen LogP contribution in [0.3, 0.4) is 0 Å². The molecule has 0 radical (unpaired) electrons. The molecule has 1 aromatic heterocycles. The maximum absolute atomic E-state index is 13.3. The molecular weight excluding hydrogens is 523 g/mol. The summed E-state index contributed by atoms with van der Waals surface area (Å²) in [5, 5.41) is 8.35. The van der Waals surface area contributed by atoms with Crippen molar-refractivity contribution >= 4 is 40.7 Å². The number of pyridine rings is 1. The fourth-order valence-electron chi connectivity index (χ4n) is 4.03. The maximum atomic E-state index is 13.3. The van der Waals surface area contributed by atoms with Gasteiger partial charge in [0.25, 0.3) is 5.91 Å². The minimum atomic E-state index is -3.90. The second-order valence-electron chi connectivity index (χ2n) is 8.16. The van der Waals surface area contributed by atoms with Gasteiger partial charge in [0, 0.05) is 31.7 Å². The number of hydrogen-bond donors (Lipinski definition) is 2. The van der Waals surface area contributed by atoms with Gasteiger partial charge in [-0.3, -0.25) is 14.7 Å². The summed E-state index contributed by atoms with van der Waals surface area (Å²) >= 11 is 0. The number of primary sulfonamides is 1. The number of morpholine rings is 1. The highest BCUT2D eigenvalue weighted by molar-refractivity contribution is 7.89. The number of aryl methyl sites for hydroxylation is 1. The second-order valence-corrected chi connectivity index (χ2v) is 9.73. The van der Waals surface area contributed by atoms with Crippen LogP contribution in [0.2, 0.25) is 0 Å². The largest absolute Gasteiger partial charge is 0.379 e. The molecule has 1 amide bonds. The number of amides is 1. The predicted molar refractivity (Wildman–Crippen MR) is 145 cm³/mol. The molecule has 4 rings (SSSR count). The lowest BCUT2D eigenvalue weighted by Crippen LogP contribution is -2.41. The standard InChI is InChI=1S/C25H28N4O4S.2ClH/c1-18-24(25(30)27-10-11-29-12-14-33-15-13-29)22(17-23(28-18)19-6-3-2-4-7-19)20-8-5-9-21(16-20)34(26,31)32;;/h2-9,16-17H,10-15H2,1H3,(H,27,30)(H2,26,31,32);2*1H. The van der Waals surface area contributed by atoms with Crippen LogP contribution in [-0.4, -0.2) is 63.6 Å². The van der Waals surface area contributed by atoms with Crippen LogP contribution in [0.25, 0.3) is 22.4 Å². The van der Waals surface area contributed by atoms with Crippen LogP contribution in [0.15, 0.2) is 65.6 Å². The van der Waals surface area contributed by atoms with Crippen LogP contribution in [0.1, 0.15) is 16.1 Å². The van der Waals surface area contributed by atoms with Crippen LogP contribution in [-0.2, 0) is 14.8 Å². The van der Waals surface area contributed by atoms with Gasteiger partial charge >= 0.3 is 0 Å². The van der Waals surface area contributed by atoms with Gasteiger partial charge in [-0.2, -0.15) is 0 Å². The van der Waals surface area contributed by atoms with E-state index in [0.29, 0.717) is 47.8 Å². The molecule has 2 aromatic carbocycles. The summed E-state index contributed by atoms with van der Waals surface area (Å²) in [6.45, 7) is 6.07. The highest BCUT2D eigenvalue weighted by Gasteiger charge is 2.20. The molecule has 0 bridgehead atoms. The van der Waals surface area contributed by atoms with E-state index in [1.54, 1.807) is 19.1 Å². The number of ether oxygens (including phenoxy) is 1. The van der Waals surface area contributed by atoms with E-state index < -0.39 is 10.0 Å². The Labute approximate surface area is 224 Å². The maximum Gasteiger partial charge on any atom is 0.253 e. The van der Waals surface area contributed by atoms with Gasteiger partial charge in [0.1, 0.15) is 0 Å². The van der Waals surface area contributed by atoms with E-state index in [-0.39, 0.29) is 35.6 Å². The zero-order valence-corrected chi connectivity index (χ0v) is 22.3. The first-order valence-electron chi connectivity index (χ1n) is 11.1. The van der Waals surface area contributed by atoms with Gasteiger partial charge in [-0.05, 0) is 36.2 Å². The summed E-state index contributed by atoms with van der Waals surface area (Å²) in [5.74, 6) is -0.256. The molecule has 0 atom stereocenters. The Balaban J connectivity index is 0.00000228. The highest BCUT2D eigenvalue weighted by atomic mass is 35.5. The molecule has 36 heavy (non-hydrogen) atoms. The van der Waals surface area contributed by atoms with E-state index in [0.717, 1.165) is 25.2 Å². The summed E-state index contributed by atoms with van der Waals surface area (Å²) in [6.07, 6.45) is 0. The number of nitrogens with two attached hydrogens (primary N) is 1. The summed E-state index contributed by atoms with van der Waals surface area (Å²) < 4.78 is 29.3. The van der Waals surface area contributed by atoms with Gasteiger partial charge in [0.2, 0.25) is 10.0 Å². The Kier molecular flexibility index (Phi) is 10.8. The summed E-state index contributed by atoms with van der Waals surface area (Å²) in [7, 11) is -3.90. The second kappa shape index (κ2) is 13.1. The molecule has 3 aromatic rings. The zero-order valence-electron chi connectivity index (χ0n) is 19.8. The van der Waals surface area contributed by atoms with Gasteiger partial charge in [-0.25, -0.2) is 13.6 Å². The lowest BCUT2D eigenvalue weighted by Gasteiger charge is -2.26. The van der Waals surface area contributed by atoms with Crippen LogP contribution in [0, 0.1) is 6.92 Å². The van der Waals surface area contributed by atoms with Crippen molar-refractivity contribution in [2.75, 3.05) is 39.4 Å². The van der Waals surface area contributed by atoms with E-state index in [2.05, 4.69) is 15.2 Å². The average molecular weight is 554 g/mol. The molecule has 0 spiro atoms. The third kappa shape index (κ3) is 7.25. The quantitative estimate of drug-likeness (QED) is 0.464. The van der Waals surface area contributed by atoms with Crippen molar-refractivity contribution in [1.29, 1.82) is 0 Å². The number of halogens is 2. The Morgan fingerprint density at radius 2 is 1.69 bits per heavy atom. The molecule has 2 heterocycles. The van der Waals surface area contributed by atoms with E-state index in [4.69, 9.17) is 9.88 Å². The van der Waals surface area contributed by atoms with Crippen molar-refractivity contribution in [2.24, 2.45) is 5.14 Å². The van der Waals surface area contributed by atoms with Crippen molar-refractivity contribution < 1.29 is 17.9 Å². The monoisotopic (exact) mass is 552 g/mol. The molecule has 3 N–H and O–H groups in total.